The Morgan fingerprint density at radius 3 is 1.65 bits per heavy atom. The lowest BCUT2D eigenvalue weighted by Gasteiger charge is -2.24. The van der Waals surface area contributed by atoms with Gasteiger partial charge in [-0.3, -0.25) is 0 Å². The van der Waals surface area contributed by atoms with Crippen molar-refractivity contribution in [2.24, 2.45) is 11.8 Å². The van der Waals surface area contributed by atoms with E-state index in [1.807, 2.05) is 0 Å². The molecule has 17 heavy (non-hydrogen) atoms. The van der Waals surface area contributed by atoms with E-state index in [1.165, 1.54) is 0 Å². The summed E-state index contributed by atoms with van der Waals surface area (Å²) in [6.45, 7) is 13.1. The molecular weight excluding hydrogens is 235 g/mol. The molecule has 0 aromatic carbocycles. The summed E-state index contributed by atoms with van der Waals surface area (Å²) in [5.41, 5.74) is 0. The van der Waals surface area contributed by atoms with Gasteiger partial charge in [-0.15, -0.1) is 9.34 Å². The fourth-order valence-electron chi connectivity index (χ4n) is 3.24. The van der Waals surface area contributed by atoms with Crippen LogP contribution in [0.15, 0.2) is 0 Å². The molecule has 3 aliphatic rings. The van der Waals surface area contributed by atoms with Crippen LogP contribution in [0, 0.1) is 11.8 Å². The zero-order valence-corrected chi connectivity index (χ0v) is 12.2. The van der Waals surface area contributed by atoms with E-state index in [0.29, 0.717) is 23.9 Å². The lowest BCUT2D eigenvalue weighted by molar-refractivity contribution is 0.222. The summed E-state index contributed by atoms with van der Waals surface area (Å²) in [6.07, 6.45) is 0. The fraction of sp³-hybridized carbons (Fsp3) is 1.00. The second kappa shape index (κ2) is 4.14. The molecule has 1 spiro atoms. The fourth-order valence-corrected chi connectivity index (χ4v) is 7.00. The average molecular weight is 259 g/mol. The maximum Gasteiger partial charge on any atom is 0.437 e. The Balaban J connectivity index is 1.85. The molecule has 0 aromatic rings. The average Bonchev–Trinajstić information content (AvgIpc) is 2.83. The van der Waals surface area contributed by atoms with Gasteiger partial charge in [0.25, 0.3) is 0 Å². The molecule has 3 saturated heterocycles. The SMILES string of the molecule is CC(C)[C@H]1CO[P+]23OC[C@H](C(C)C)N2CCN13. The number of hydrogen-bond acceptors (Lipinski definition) is 4. The first-order chi connectivity index (χ1) is 8.06. The third kappa shape index (κ3) is 1.62. The highest BCUT2D eigenvalue weighted by molar-refractivity contribution is 7.62. The molecule has 0 radical (unpaired) electrons. The zero-order valence-electron chi connectivity index (χ0n) is 11.3. The van der Waals surface area contributed by atoms with E-state index in [1.54, 1.807) is 0 Å². The molecule has 3 rings (SSSR count). The van der Waals surface area contributed by atoms with Crippen molar-refractivity contribution in [3.05, 3.63) is 0 Å². The summed E-state index contributed by atoms with van der Waals surface area (Å²) in [5.74, 6) is 1.30. The van der Waals surface area contributed by atoms with E-state index in [9.17, 15) is 0 Å². The van der Waals surface area contributed by atoms with Gasteiger partial charge < -0.3 is 0 Å². The van der Waals surface area contributed by atoms with Crippen LogP contribution in [0.4, 0.5) is 0 Å². The van der Waals surface area contributed by atoms with Crippen molar-refractivity contribution >= 4 is 8.02 Å². The molecule has 3 heterocycles. The van der Waals surface area contributed by atoms with Crippen LogP contribution in [-0.4, -0.2) is 47.7 Å². The minimum Gasteiger partial charge on any atom is -0.170 e. The maximum atomic E-state index is 6.18. The number of nitrogens with zero attached hydrogens (tertiary/aromatic N) is 2. The van der Waals surface area contributed by atoms with Gasteiger partial charge in [0.05, 0.1) is 25.2 Å². The molecule has 0 N–H and O–H groups in total. The number of hydrogen-bond donors (Lipinski definition) is 0. The molecule has 0 aliphatic carbocycles. The van der Waals surface area contributed by atoms with Crippen molar-refractivity contribution < 1.29 is 9.05 Å². The highest BCUT2D eigenvalue weighted by atomic mass is 31.2. The van der Waals surface area contributed by atoms with Crippen LogP contribution in [0.5, 0.6) is 0 Å². The number of rotatable bonds is 2. The predicted octanol–water partition coefficient (Wildman–Crippen LogP) is 2.39. The van der Waals surface area contributed by atoms with E-state index in [2.05, 4.69) is 37.0 Å². The minimum absolute atomic E-state index is 0.555. The molecule has 0 amide bonds. The van der Waals surface area contributed by atoms with Crippen LogP contribution in [0.2, 0.25) is 0 Å². The summed E-state index contributed by atoms with van der Waals surface area (Å²) < 4.78 is 17.5. The van der Waals surface area contributed by atoms with Gasteiger partial charge in [-0.2, -0.15) is 9.05 Å². The summed E-state index contributed by atoms with van der Waals surface area (Å²) in [6, 6.07) is 1.11. The molecular formula is C12H24N2O2P+. The van der Waals surface area contributed by atoms with E-state index in [0.717, 1.165) is 26.3 Å². The van der Waals surface area contributed by atoms with Crippen molar-refractivity contribution in [2.45, 2.75) is 39.8 Å². The minimum atomic E-state index is -1.82. The van der Waals surface area contributed by atoms with Gasteiger partial charge in [-0.25, -0.2) is 0 Å². The van der Waals surface area contributed by atoms with Crippen molar-refractivity contribution in [3.8, 4) is 0 Å². The Morgan fingerprint density at radius 2 is 1.29 bits per heavy atom. The molecule has 98 valence electrons. The zero-order chi connectivity index (χ0) is 12.2. The molecule has 4 nitrogen and oxygen atoms in total. The highest BCUT2D eigenvalue weighted by Gasteiger charge is 2.73. The third-order valence-electron chi connectivity index (χ3n) is 4.34. The first-order valence-electron chi connectivity index (χ1n) is 6.78. The van der Waals surface area contributed by atoms with E-state index < -0.39 is 8.02 Å². The summed E-state index contributed by atoms with van der Waals surface area (Å²) in [5, 5.41) is 0. The van der Waals surface area contributed by atoms with Gasteiger partial charge in [0.2, 0.25) is 0 Å². The van der Waals surface area contributed by atoms with Crippen LogP contribution in [0.1, 0.15) is 27.7 Å². The molecule has 5 heteroatoms. The van der Waals surface area contributed by atoms with E-state index in [4.69, 9.17) is 9.05 Å². The van der Waals surface area contributed by atoms with Crippen LogP contribution >= 0.6 is 8.02 Å². The summed E-state index contributed by atoms with van der Waals surface area (Å²) >= 11 is 0. The Bertz CT molecular complexity index is 281. The monoisotopic (exact) mass is 259 g/mol. The topological polar surface area (TPSA) is 24.9 Å². The second-order valence-electron chi connectivity index (χ2n) is 6.03. The first kappa shape index (κ1) is 12.3. The maximum absolute atomic E-state index is 6.18. The van der Waals surface area contributed by atoms with Gasteiger partial charge in [0, 0.05) is 0 Å². The van der Waals surface area contributed by atoms with Crippen LogP contribution in [0.3, 0.4) is 0 Å². The lowest BCUT2D eigenvalue weighted by Crippen LogP contribution is -2.33. The standard InChI is InChI=1S/C12H24N2O2P/c1-9(2)11-7-15-17-13(11)5-6-14(17)12(8-16-17)10(3)4/h9-12H,5-8H2,1-4H3/q+1/t11-,12-,17?/m1/s1. The first-order valence-corrected chi connectivity index (χ1v) is 8.31. The van der Waals surface area contributed by atoms with Crippen molar-refractivity contribution in [1.29, 1.82) is 0 Å². The van der Waals surface area contributed by atoms with Gasteiger partial charge in [-0.1, -0.05) is 27.7 Å². The normalized spacial score (nSPS) is 37.1. The molecule has 0 saturated carbocycles. The Kier molecular flexibility index (Phi) is 3.00. The van der Waals surface area contributed by atoms with Crippen LogP contribution in [0.25, 0.3) is 0 Å². The lowest BCUT2D eigenvalue weighted by atomic mass is 10.1. The summed E-state index contributed by atoms with van der Waals surface area (Å²) in [4.78, 5) is 0. The Labute approximate surface area is 105 Å². The molecule has 0 aromatic heterocycles. The van der Waals surface area contributed by atoms with Gasteiger partial charge in [0.1, 0.15) is 13.2 Å². The second-order valence-corrected chi connectivity index (χ2v) is 8.56. The van der Waals surface area contributed by atoms with Crippen LogP contribution in [-0.2, 0) is 9.05 Å². The molecule has 2 atom stereocenters. The van der Waals surface area contributed by atoms with E-state index >= 15 is 0 Å². The largest absolute Gasteiger partial charge is 0.437 e. The van der Waals surface area contributed by atoms with Crippen molar-refractivity contribution in [3.63, 3.8) is 0 Å². The molecule has 3 fully saturated rings. The molecule has 0 bridgehead atoms. The van der Waals surface area contributed by atoms with E-state index in [-0.39, 0.29) is 0 Å². The quantitative estimate of drug-likeness (QED) is 0.711. The molecule has 0 unspecified atom stereocenters. The van der Waals surface area contributed by atoms with Gasteiger partial charge >= 0.3 is 8.02 Å². The van der Waals surface area contributed by atoms with Gasteiger partial charge in [0.15, 0.2) is 0 Å². The Morgan fingerprint density at radius 1 is 0.882 bits per heavy atom. The van der Waals surface area contributed by atoms with Crippen LogP contribution < -0.4 is 0 Å². The van der Waals surface area contributed by atoms with Crippen molar-refractivity contribution in [2.75, 3.05) is 26.3 Å². The highest BCUT2D eigenvalue weighted by Crippen LogP contribution is 2.77. The predicted molar refractivity (Wildman–Crippen MR) is 69.5 cm³/mol. The van der Waals surface area contributed by atoms with Crippen molar-refractivity contribution in [1.82, 2.24) is 9.34 Å². The summed E-state index contributed by atoms with van der Waals surface area (Å²) in [7, 11) is -1.82. The molecule has 3 aliphatic heterocycles. The third-order valence-corrected chi connectivity index (χ3v) is 7.60. The smallest absolute Gasteiger partial charge is 0.170 e. The Hall–Kier alpha value is 0.270. The van der Waals surface area contributed by atoms with Gasteiger partial charge in [-0.05, 0) is 11.8 Å².